The van der Waals surface area contributed by atoms with Crippen LogP contribution in [-0.4, -0.2) is 65.3 Å². The third kappa shape index (κ3) is 4.09. The molecule has 2 amide bonds. The number of carbonyl (C=O) groups is 2. The first-order chi connectivity index (χ1) is 13.7. The molecule has 4 rings (SSSR count). The molecule has 1 aromatic rings. The van der Waals surface area contributed by atoms with Crippen LogP contribution in [0.5, 0.6) is 0 Å². The lowest BCUT2D eigenvalue weighted by molar-refractivity contribution is -0.132. The van der Waals surface area contributed by atoms with Crippen LogP contribution >= 0.6 is 0 Å². The maximum Gasteiger partial charge on any atom is 0.254 e. The number of benzene rings is 1. The Bertz CT molecular complexity index is 727. The zero-order valence-corrected chi connectivity index (χ0v) is 17.2. The van der Waals surface area contributed by atoms with Gasteiger partial charge in [-0.05, 0) is 74.9 Å². The molecular weight excluding hydrogens is 350 g/mol. The average molecular weight is 384 g/mol. The van der Waals surface area contributed by atoms with E-state index in [-0.39, 0.29) is 11.8 Å². The summed E-state index contributed by atoms with van der Waals surface area (Å²) in [6.45, 7) is 7.78. The van der Waals surface area contributed by atoms with E-state index >= 15 is 0 Å². The number of likely N-dealkylation sites (tertiary alicyclic amines) is 2. The Morgan fingerprint density at radius 3 is 2.64 bits per heavy atom. The minimum atomic E-state index is 0.189. The van der Waals surface area contributed by atoms with Crippen molar-refractivity contribution >= 4 is 11.8 Å². The van der Waals surface area contributed by atoms with Crippen LogP contribution in [0.25, 0.3) is 0 Å². The number of hydrogen-bond donors (Lipinski definition) is 0. The summed E-state index contributed by atoms with van der Waals surface area (Å²) in [6.07, 6.45) is 7.20. The Labute approximate surface area is 168 Å². The molecule has 1 aromatic carbocycles. The molecule has 1 unspecified atom stereocenters. The summed E-state index contributed by atoms with van der Waals surface area (Å²) in [7, 11) is 0. The molecule has 5 nitrogen and oxygen atoms in total. The van der Waals surface area contributed by atoms with Crippen LogP contribution < -0.4 is 0 Å². The first-order valence-electron chi connectivity index (χ1n) is 11.1. The van der Waals surface area contributed by atoms with Crippen LogP contribution in [0.15, 0.2) is 18.2 Å². The Morgan fingerprint density at radius 1 is 1.04 bits per heavy atom. The maximum atomic E-state index is 13.2. The second-order valence-corrected chi connectivity index (χ2v) is 8.60. The molecule has 1 atom stereocenters. The van der Waals surface area contributed by atoms with Gasteiger partial charge in [0.05, 0.1) is 0 Å². The zero-order chi connectivity index (χ0) is 19.5. The molecule has 152 valence electrons. The van der Waals surface area contributed by atoms with E-state index in [1.807, 2.05) is 17.9 Å². The van der Waals surface area contributed by atoms with Gasteiger partial charge in [-0.1, -0.05) is 13.0 Å². The van der Waals surface area contributed by atoms with E-state index in [0.717, 1.165) is 50.9 Å². The fourth-order valence-corrected chi connectivity index (χ4v) is 4.99. The number of rotatable bonds is 5. The molecule has 0 spiro atoms. The highest BCUT2D eigenvalue weighted by Gasteiger charge is 2.32. The number of hydrogen-bond acceptors (Lipinski definition) is 3. The van der Waals surface area contributed by atoms with Gasteiger partial charge in [-0.2, -0.15) is 0 Å². The molecule has 0 radical (unpaired) electrons. The van der Waals surface area contributed by atoms with Crippen molar-refractivity contribution in [3.63, 3.8) is 0 Å². The third-order valence-electron chi connectivity index (χ3n) is 6.59. The van der Waals surface area contributed by atoms with Gasteiger partial charge in [0.2, 0.25) is 5.91 Å². The summed E-state index contributed by atoms with van der Waals surface area (Å²) < 4.78 is 0. The highest BCUT2D eigenvalue weighted by molar-refractivity contribution is 5.95. The highest BCUT2D eigenvalue weighted by atomic mass is 16.2. The fraction of sp³-hybridized carbons (Fsp3) is 0.652. The third-order valence-corrected chi connectivity index (χ3v) is 6.59. The van der Waals surface area contributed by atoms with E-state index in [1.165, 1.54) is 37.1 Å². The van der Waals surface area contributed by atoms with E-state index < -0.39 is 0 Å². The molecule has 3 heterocycles. The largest absolute Gasteiger partial charge is 0.338 e. The molecule has 0 bridgehead atoms. The van der Waals surface area contributed by atoms with Gasteiger partial charge < -0.3 is 14.7 Å². The molecule has 0 N–H and O–H groups in total. The molecule has 0 aromatic heterocycles. The first-order valence-corrected chi connectivity index (χ1v) is 11.1. The predicted octanol–water partition coefficient (Wildman–Crippen LogP) is 3.07. The van der Waals surface area contributed by atoms with Crippen LogP contribution in [0, 0.1) is 0 Å². The van der Waals surface area contributed by atoms with Crippen molar-refractivity contribution in [2.24, 2.45) is 0 Å². The van der Waals surface area contributed by atoms with E-state index in [9.17, 15) is 9.59 Å². The summed E-state index contributed by atoms with van der Waals surface area (Å²) >= 11 is 0. The predicted molar refractivity (Wildman–Crippen MR) is 110 cm³/mol. The molecule has 0 saturated carbocycles. The molecule has 2 fully saturated rings. The molecule has 28 heavy (non-hydrogen) atoms. The molecule has 5 heteroatoms. The lowest BCUT2D eigenvalue weighted by Gasteiger charge is -2.31. The number of amides is 2. The van der Waals surface area contributed by atoms with Crippen LogP contribution in [-0.2, 0) is 17.8 Å². The van der Waals surface area contributed by atoms with Gasteiger partial charge in [0, 0.05) is 44.2 Å². The summed E-state index contributed by atoms with van der Waals surface area (Å²) in [4.78, 5) is 32.0. The van der Waals surface area contributed by atoms with E-state index in [1.54, 1.807) is 0 Å². The fourth-order valence-electron chi connectivity index (χ4n) is 4.99. The molecule has 0 aliphatic carbocycles. The highest BCUT2D eigenvalue weighted by Crippen LogP contribution is 2.25. The smallest absolute Gasteiger partial charge is 0.254 e. The van der Waals surface area contributed by atoms with Crippen LogP contribution in [0.1, 0.15) is 66.9 Å². The summed E-state index contributed by atoms with van der Waals surface area (Å²) in [6, 6.07) is 6.49. The number of nitrogens with zero attached hydrogens (tertiary/aromatic N) is 3. The summed E-state index contributed by atoms with van der Waals surface area (Å²) in [5.74, 6) is 0.434. The lowest BCUT2D eigenvalue weighted by Crippen LogP contribution is -2.42. The SMILES string of the molecule is CCCC(=O)N1CCc2cc(C(=O)N3CCCC3CN3CCCC3)ccc2C1. The molecule has 3 aliphatic rings. The van der Waals surface area contributed by atoms with Gasteiger partial charge in [0.25, 0.3) is 5.91 Å². The van der Waals surface area contributed by atoms with Crippen LogP contribution in [0.3, 0.4) is 0 Å². The van der Waals surface area contributed by atoms with Crippen molar-refractivity contribution in [1.29, 1.82) is 0 Å². The number of fused-ring (bicyclic) bond motifs is 1. The normalized spacial score (nSPS) is 22.5. The Kier molecular flexibility index (Phi) is 6.00. The topological polar surface area (TPSA) is 43.9 Å². The van der Waals surface area contributed by atoms with Gasteiger partial charge >= 0.3 is 0 Å². The minimum absolute atomic E-state index is 0.189. The van der Waals surface area contributed by atoms with Crippen molar-refractivity contribution in [2.75, 3.05) is 32.7 Å². The van der Waals surface area contributed by atoms with E-state index in [2.05, 4.69) is 21.9 Å². The Balaban J connectivity index is 1.43. The van der Waals surface area contributed by atoms with Crippen LogP contribution in [0.4, 0.5) is 0 Å². The van der Waals surface area contributed by atoms with Crippen molar-refractivity contribution in [3.05, 3.63) is 34.9 Å². The molecule has 3 aliphatic heterocycles. The zero-order valence-electron chi connectivity index (χ0n) is 17.2. The second kappa shape index (κ2) is 8.64. The van der Waals surface area contributed by atoms with Crippen molar-refractivity contribution in [1.82, 2.24) is 14.7 Å². The standard InChI is InChI=1S/C23H33N3O2/c1-2-6-22(27)25-14-10-18-15-19(8-9-20(18)16-25)23(28)26-13-5-7-21(26)17-24-11-3-4-12-24/h8-9,15,21H,2-7,10-14,16-17H2,1H3. The minimum Gasteiger partial charge on any atom is -0.338 e. The average Bonchev–Trinajstić information content (AvgIpc) is 3.39. The Hall–Kier alpha value is -1.88. The summed E-state index contributed by atoms with van der Waals surface area (Å²) in [5.41, 5.74) is 3.25. The monoisotopic (exact) mass is 383 g/mol. The first kappa shape index (κ1) is 19.4. The van der Waals surface area contributed by atoms with Crippen LogP contribution in [0.2, 0.25) is 0 Å². The molecule has 2 saturated heterocycles. The van der Waals surface area contributed by atoms with Gasteiger partial charge in [0.15, 0.2) is 0 Å². The van der Waals surface area contributed by atoms with Crippen molar-refractivity contribution in [3.8, 4) is 0 Å². The van der Waals surface area contributed by atoms with E-state index in [4.69, 9.17) is 0 Å². The van der Waals surface area contributed by atoms with Gasteiger partial charge in [-0.15, -0.1) is 0 Å². The maximum absolute atomic E-state index is 13.2. The Morgan fingerprint density at radius 2 is 1.86 bits per heavy atom. The second-order valence-electron chi connectivity index (χ2n) is 8.60. The lowest BCUT2D eigenvalue weighted by atomic mass is 9.96. The van der Waals surface area contributed by atoms with Crippen molar-refractivity contribution in [2.45, 2.75) is 64.5 Å². The van der Waals surface area contributed by atoms with Crippen molar-refractivity contribution < 1.29 is 9.59 Å². The quantitative estimate of drug-likeness (QED) is 0.785. The number of carbonyl (C=O) groups excluding carboxylic acids is 2. The van der Waals surface area contributed by atoms with Gasteiger partial charge in [-0.3, -0.25) is 9.59 Å². The van der Waals surface area contributed by atoms with Gasteiger partial charge in [0.1, 0.15) is 0 Å². The van der Waals surface area contributed by atoms with Gasteiger partial charge in [-0.25, -0.2) is 0 Å². The van der Waals surface area contributed by atoms with E-state index in [0.29, 0.717) is 19.0 Å². The molecular formula is C23H33N3O2. The summed E-state index contributed by atoms with van der Waals surface area (Å²) in [5, 5.41) is 0.